The Balaban J connectivity index is 0.000000921. The molecule has 0 saturated carbocycles. The van der Waals surface area contributed by atoms with Gasteiger partial charge in [0.05, 0.1) is 5.03 Å². The zero-order valence-electron chi connectivity index (χ0n) is 7.99. The molecule has 15 heavy (non-hydrogen) atoms. The summed E-state index contributed by atoms with van der Waals surface area (Å²) < 4.78 is 0. The lowest BCUT2D eigenvalue weighted by Gasteiger charge is -1.99. The van der Waals surface area contributed by atoms with Crippen LogP contribution in [0.25, 0.3) is 5.03 Å². The number of halogens is 1. The molecule has 0 spiro atoms. The van der Waals surface area contributed by atoms with Crippen LogP contribution in [0.2, 0.25) is 0 Å². The second-order valence-electron chi connectivity index (χ2n) is 2.34. The summed E-state index contributed by atoms with van der Waals surface area (Å²) in [6, 6.07) is 1.55. The second kappa shape index (κ2) is 6.26. The predicted molar refractivity (Wildman–Crippen MR) is 64.7 cm³/mol. The number of anilines is 1. The normalized spacial score (nSPS) is 11.1. The third-order valence-electron chi connectivity index (χ3n) is 1.48. The average Bonchev–Trinajstić information content (AvgIpc) is 2.65. The lowest BCUT2D eigenvalue weighted by atomic mass is 10.2. The van der Waals surface area contributed by atoms with E-state index < -0.39 is 11.7 Å². The largest absolute Gasteiger partial charge is 0.477 e. The first kappa shape index (κ1) is 13.7. The Labute approximate surface area is 97.5 Å². The first-order chi connectivity index (χ1) is 7.04. The number of carboxylic acids is 1. The lowest BCUT2D eigenvalue weighted by molar-refractivity contribution is -0.132. The number of aromatic amines is 1. The van der Waals surface area contributed by atoms with E-state index in [1.54, 1.807) is 18.5 Å². The van der Waals surface area contributed by atoms with Crippen LogP contribution in [0.3, 0.4) is 0 Å². The highest BCUT2D eigenvalue weighted by Gasteiger charge is 2.12. The third-order valence-corrected chi connectivity index (χ3v) is 1.89. The van der Waals surface area contributed by atoms with Crippen molar-refractivity contribution in [3.63, 3.8) is 0 Å². The van der Waals surface area contributed by atoms with Crippen molar-refractivity contribution >= 4 is 41.0 Å². The molecule has 0 aliphatic heterocycles. The van der Waals surface area contributed by atoms with Crippen molar-refractivity contribution in [1.82, 2.24) is 4.98 Å². The highest BCUT2D eigenvalue weighted by atomic mass is 35.5. The molecular weight excluding hydrogens is 238 g/mol. The van der Waals surface area contributed by atoms with E-state index in [2.05, 4.69) is 17.6 Å². The van der Waals surface area contributed by atoms with Crippen molar-refractivity contribution in [2.75, 3.05) is 12.0 Å². The summed E-state index contributed by atoms with van der Waals surface area (Å²) in [5.41, 5.74) is 10.6. The molecule has 0 amide bonds. The summed E-state index contributed by atoms with van der Waals surface area (Å²) in [5.74, 6) is -0.986. The van der Waals surface area contributed by atoms with Crippen molar-refractivity contribution in [2.45, 2.75) is 0 Å². The van der Waals surface area contributed by atoms with Crippen LogP contribution in [0.5, 0.6) is 0 Å². The van der Waals surface area contributed by atoms with Crippen LogP contribution >= 0.6 is 24.2 Å². The molecule has 0 aliphatic rings. The Kier molecular flexibility index (Phi) is 5.73. The van der Waals surface area contributed by atoms with Gasteiger partial charge in [0.15, 0.2) is 0 Å². The van der Waals surface area contributed by atoms with Gasteiger partial charge in [0, 0.05) is 11.8 Å². The molecule has 1 rings (SSSR count). The molecule has 0 unspecified atom stereocenters. The molecule has 0 atom stereocenters. The minimum Gasteiger partial charge on any atom is -0.477 e. The van der Waals surface area contributed by atoms with Crippen molar-refractivity contribution in [2.24, 2.45) is 5.73 Å². The van der Waals surface area contributed by atoms with Crippen LogP contribution in [0, 0.1) is 0 Å². The lowest BCUT2D eigenvalue weighted by Crippen LogP contribution is -2.11. The van der Waals surface area contributed by atoms with Gasteiger partial charge in [0.2, 0.25) is 0 Å². The fourth-order valence-electron chi connectivity index (χ4n) is 0.813. The summed E-state index contributed by atoms with van der Waals surface area (Å²) in [6.07, 6.45) is 3.24. The van der Waals surface area contributed by atoms with Gasteiger partial charge in [-0.2, -0.15) is 12.6 Å². The van der Waals surface area contributed by atoms with Crippen molar-refractivity contribution < 1.29 is 9.90 Å². The Morgan fingerprint density at radius 2 is 2.13 bits per heavy atom. The molecule has 0 aromatic carbocycles. The highest BCUT2D eigenvalue weighted by Crippen LogP contribution is 2.25. The number of thiol groups is 1. The van der Waals surface area contributed by atoms with Crippen LogP contribution in [0.1, 0.15) is 5.56 Å². The number of nitrogens with two attached hydrogens (primary N) is 2. The number of carbonyl (C=O) groups is 1. The summed E-state index contributed by atoms with van der Waals surface area (Å²) in [6.45, 7) is 0. The maximum atomic E-state index is 10.4. The van der Waals surface area contributed by atoms with Gasteiger partial charge in [-0.3, -0.25) is 0 Å². The monoisotopic (exact) mass is 249 g/mol. The fraction of sp³-hybridized carbons (Fsp3) is 0.125. The average molecular weight is 250 g/mol. The first-order valence-electron chi connectivity index (χ1n) is 3.80. The summed E-state index contributed by atoms with van der Waals surface area (Å²) >= 11 is 9.20. The number of hydrogen-bond acceptors (Lipinski definition) is 4. The molecule has 1 aromatic rings. The van der Waals surface area contributed by atoms with Gasteiger partial charge in [-0.25, -0.2) is 4.79 Å². The standard InChI is InChI=1S/C7H8ClN3O2.CH4S/c8-4(5(9)7(12)13)3-1-2-11-6(3)10;1-2/h1-2,11H,9-10H2,(H,12,13);2H,1H3/b5-4+;. The number of aromatic nitrogens is 1. The molecule has 7 heteroatoms. The molecule has 84 valence electrons. The van der Waals surface area contributed by atoms with Crippen molar-refractivity contribution in [3.05, 3.63) is 23.5 Å². The molecule has 5 nitrogen and oxygen atoms in total. The van der Waals surface area contributed by atoms with Gasteiger partial charge in [0.1, 0.15) is 11.5 Å². The predicted octanol–water partition coefficient (Wildman–Crippen LogP) is 1.09. The minimum absolute atomic E-state index is 0.0637. The fourth-order valence-corrected chi connectivity index (χ4v) is 1.06. The molecular formula is C8H12ClN3O2S. The third kappa shape index (κ3) is 3.41. The molecule has 1 heterocycles. The molecule has 0 bridgehead atoms. The van der Waals surface area contributed by atoms with E-state index in [9.17, 15) is 4.79 Å². The Hall–Kier alpha value is -1.27. The topological polar surface area (TPSA) is 105 Å². The van der Waals surface area contributed by atoms with Gasteiger partial charge < -0.3 is 21.6 Å². The Morgan fingerprint density at radius 1 is 1.60 bits per heavy atom. The van der Waals surface area contributed by atoms with E-state index in [1.807, 2.05) is 0 Å². The molecule has 0 radical (unpaired) electrons. The summed E-state index contributed by atoms with van der Waals surface area (Å²) in [4.78, 5) is 13.1. The van der Waals surface area contributed by atoms with Crippen LogP contribution in [-0.4, -0.2) is 22.3 Å². The smallest absolute Gasteiger partial charge is 0.353 e. The van der Waals surface area contributed by atoms with Gasteiger partial charge in [-0.15, -0.1) is 0 Å². The van der Waals surface area contributed by atoms with Crippen LogP contribution in [0.15, 0.2) is 18.0 Å². The number of nitrogens with one attached hydrogen (secondary N) is 1. The SMILES string of the molecule is CS.N/C(C(=O)O)=C(/Cl)c1cc[nH]c1N. The molecule has 0 saturated heterocycles. The van der Waals surface area contributed by atoms with E-state index in [-0.39, 0.29) is 10.9 Å². The number of nitrogen functional groups attached to an aromatic ring is 1. The quantitative estimate of drug-likeness (QED) is 0.400. The van der Waals surface area contributed by atoms with Crippen LogP contribution in [0.4, 0.5) is 5.82 Å². The Bertz CT molecular complexity index is 376. The molecule has 0 aliphatic carbocycles. The van der Waals surface area contributed by atoms with Gasteiger partial charge >= 0.3 is 5.97 Å². The maximum Gasteiger partial charge on any atom is 0.353 e. The Morgan fingerprint density at radius 3 is 2.47 bits per heavy atom. The van der Waals surface area contributed by atoms with E-state index in [0.717, 1.165) is 0 Å². The van der Waals surface area contributed by atoms with Crippen LogP contribution < -0.4 is 11.5 Å². The van der Waals surface area contributed by atoms with Gasteiger partial charge in [0.25, 0.3) is 0 Å². The number of rotatable bonds is 2. The number of hydrogen-bond donors (Lipinski definition) is 5. The number of H-pyrrole nitrogens is 1. The van der Waals surface area contributed by atoms with Crippen molar-refractivity contribution in [1.29, 1.82) is 0 Å². The molecule has 6 N–H and O–H groups in total. The van der Waals surface area contributed by atoms with E-state index in [0.29, 0.717) is 5.56 Å². The van der Waals surface area contributed by atoms with Gasteiger partial charge in [-0.1, -0.05) is 11.6 Å². The summed E-state index contributed by atoms with van der Waals surface area (Å²) in [7, 11) is 0. The van der Waals surface area contributed by atoms with E-state index >= 15 is 0 Å². The summed E-state index contributed by atoms with van der Waals surface area (Å²) in [5, 5.41) is 8.46. The number of carboxylic acid groups (broad SMARTS) is 1. The van der Waals surface area contributed by atoms with E-state index in [1.165, 1.54) is 0 Å². The van der Waals surface area contributed by atoms with Crippen molar-refractivity contribution in [3.8, 4) is 0 Å². The number of aliphatic carboxylic acids is 1. The zero-order valence-corrected chi connectivity index (χ0v) is 9.64. The molecule has 1 aromatic heterocycles. The zero-order chi connectivity index (χ0) is 12.0. The van der Waals surface area contributed by atoms with Gasteiger partial charge in [-0.05, 0) is 12.3 Å². The maximum absolute atomic E-state index is 10.4. The van der Waals surface area contributed by atoms with Crippen LogP contribution in [-0.2, 0) is 4.79 Å². The first-order valence-corrected chi connectivity index (χ1v) is 5.07. The highest BCUT2D eigenvalue weighted by molar-refractivity contribution is 7.79. The van der Waals surface area contributed by atoms with E-state index in [4.69, 9.17) is 28.2 Å². The molecule has 0 fully saturated rings. The minimum atomic E-state index is -1.27. The second-order valence-corrected chi connectivity index (χ2v) is 2.72.